The minimum Gasteiger partial charge on any atom is -0.369 e. The van der Waals surface area contributed by atoms with Crippen molar-refractivity contribution in [3.8, 4) is 0 Å². The van der Waals surface area contributed by atoms with Crippen molar-refractivity contribution < 1.29 is 9.18 Å². The average molecular weight is 302 g/mol. The molecule has 1 amide bonds. The zero-order valence-corrected chi connectivity index (χ0v) is 12.2. The molecule has 0 aliphatic carbocycles. The van der Waals surface area contributed by atoms with Gasteiger partial charge in [0.15, 0.2) is 0 Å². The summed E-state index contributed by atoms with van der Waals surface area (Å²) in [6.07, 6.45) is 4.50. The maximum Gasteiger partial charge on any atom is 0.220 e. The van der Waals surface area contributed by atoms with Crippen LogP contribution in [0.3, 0.4) is 0 Å². The molecule has 3 unspecified atom stereocenters. The van der Waals surface area contributed by atoms with Gasteiger partial charge in [0, 0.05) is 17.5 Å². The van der Waals surface area contributed by atoms with Gasteiger partial charge in [-0.2, -0.15) is 9.49 Å². The Morgan fingerprint density at radius 1 is 1.50 bits per heavy atom. The maximum atomic E-state index is 13.7. The number of carbonyl (C=O) groups is 1. The monoisotopic (exact) mass is 302 g/mol. The predicted molar refractivity (Wildman–Crippen MR) is 80.6 cm³/mol. The summed E-state index contributed by atoms with van der Waals surface area (Å²) in [5, 5.41) is 10.5. The highest BCUT2D eigenvalue weighted by molar-refractivity contribution is 5.79. The quantitative estimate of drug-likeness (QED) is 0.806. The van der Waals surface area contributed by atoms with Gasteiger partial charge in [0.25, 0.3) is 0 Å². The molecule has 2 aromatic rings. The molecule has 6 heteroatoms. The Balaban J connectivity index is 1.63. The Morgan fingerprint density at radius 2 is 2.36 bits per heavy atom. The molecule has 0 radical (unpaired) electrons. The summed E-state index contributed by atoms with van der Waals surface area (Å²) in [5.41, 5.74) is 7.13. The van der Waals surface area contributed by atoms with Gasteiger partial charge in [0.05, 0.1) is 10.9 Å². The standard InChI is InChI=1S/C16H19FN4O/c17-14-12-5-9(1-2-13(12)20-21-14)7-16-4-3-11(19-16)6-10(8-16)15(18)22/h1-2,5,10-11,19H,3-4,6-8H2,(H2,18,22)(H,20,21). The Labute approximate surface area is 127 Å². The summed E-state index contributed by atoms with van der Waals surface area (Å²) in [4.78, 5) is 11.6. The molecule has 5 nitrogen and oxygen atoms in total. The molecule has 4 N–H and O–H groups in total. The lowest BCUT2D eigenvalue weighted by Crippen LogP contribution is -2.53. The molecule has 116 valence electrons. The lowest BCUT2D eigenvalue weighted by Gasteiger charge is -2.38. The molecule has 2 saturated heterocycles. The lowest BCUT2D eigenvalue weighted by molar-refractivity contribution is -0.123. The zero-order chi connectivity index (χ0) is 15.3. The van der Waals surface area contributed by atoms with Gasteiger partial charge in [-0.15, -0.1) is 0 Å². The SMILES string of the molecule is NC(=O)C1CC2CCC(Cc3ccc4n[nH]c(F)c4c3)(C1)N2. The van der Waals surface area contributed by atoms with Crippen LogP contribution in [0.15, 0.2) is 18.2 Å². The normalized spacial score (nSPS) is 30.8. The molecule has 2 fully saturated rings. The maximum absolute atomic E-state index is 13.7. The number of rotatable bonds is 3. The number of aromatic nitrogens is 2. The number of fused-ring (bicyclic) bond motifs is 3. The van der Waals surface area contributed by atoms with Crippen LogP contribution >= 0.6 is 0 Å². The van der Waals surface area contributed by atoms with Gasteiger partial charge in [-0.1, -0.05) is 6.07 Å². The van der Waals surface area contributed by atoms with Crippen molar-refractivity contribution in [2.45, 2.75) is 43.7 Å². The molecule has 4 rings (SSSR count). The molecule has 1 aromatic heterocycles. The molecular weight excluding hydrogens is 283 g/mol. The van der Waals surface area contributed by atoms with E-state index in [2.05, 4.69) is 15.5 Å². The third-order valence-corrected chi connectivity index (χ3v) is 5.20. The summed E-state index contributed by atoms with van der Waals surface area (Å²) in [7, 11) is 0. The highest BCUT2D eigenvalue weighted by atomic mass is 19.1. The van der Waals surface area contributed by atoms with Crippen molar-refractivity contribution in [3.05, 3.63) is 29.7 Å². The Bertz CT molecular complexity index is 743. The molecule has 0 saturated carbocycles. The van der Waals surface area contributed by atoms with Crippen molar-refractivity contribution >= 4 is 16.8 Å². The Morgan fingerprint density at radius 3 is 3.18 bits per heavy atom. The van der Waals surface area contributed by atoms with Crippen LogP contribution in [0.1, 0.15) is 31.2 Å². The van der Waals surface area contributed by atoms with Crippen LogP contribution in [-0.4, -0.2) is 27.7 Å². The van der Waals surface area contributed by atoms with E-state index in [9.17, 15) is 9.18 Å². The fourth-order valence-electron chi connectivity index (χ4n) is 4.22. The number of aromatic amines is 1. The number of H-pyrrole nitrogens is 1. The number of halogens is 1. The van der Waals surface area contributed by atoms with Crippen LogP contribution in [0.2, 0.25) is 0 Å². The lowest BCUT2D eigenvalue weighted by atomic mass is 9.79. The van der Waals surface area contributed by atoms with Crippen LogP contribution in [0.5, 0.6) is 0 Å². The molecule has 3 atom stereocenters. The van der Waals surface area contributed by atoms with Crippen LogP contribution in [-0.2, 0) is 11.2 Å². The Hall–Kier alpha value is -1.95. The fraction of sp³-hybridized carbons (Fsp3) is 0.500. The first-order valence-corrected chi connectivity index (χ1v) is 7.74. The van der Waals surface area contributed by atoms with Crippen molar-refractivity contribution in [3.63, 3.8) is 0 Å². The van der Waals surface area contributed by atoms with Crippen LogP contribution in [0, 0.1) is 11.9 Å². The van der Waals surface area contributed by atoms with Gasteiger partial charge < -0.3 is 11.1 Å². The van der Waals surface area contributed by atoms with E-state index in [1.165, 1.54) is 0 Å². The van der Waals surface area contributed by atoms with Gasteiger partial charge in [0.2, 0.25) is 11.9 Å². The zero-order valence-electron chi connectivity index (χ0n) is 12.2. The molecule has 2 aliphatic heterocycles. The number of hydrogen-bond donors (Lipinski definition) is 3. The van der Waals surface area contributed by atoms with E-state index in [0.29, 0.717) is 16.9 Å². The topological polar surface area (TPSA) is 83.8 Å². The molecule has 1 aromatic carbocycles. The van der Waals surface area contributed by atoms with E-state index in [-0.39, 0.29) is 17.4 Å². The number of carbonyl (C=O) groups excluding carboxylic acids is 1. The van der Waals surface area contributed by atoms with Gasteiger partial charge >= 0.3 is 0 Å². The van der Waals surface area contributed by atoms with E-state index in [1.807, 2.05) is 18.2 Å². The summed E-state index contributed by atoms with van der Waals surface area (Å²) in [6.45, 7) is 0. The minimum absolute atomic E-state index is 0.0526. The van der Waals surface area contributed by atoms with Crippen LogP contribution in [0.25, 0.3) is 10.9 Å². The average Bonchev–Trinajstić information content (AvgIpc) is 2.99. The molecule has 22 heavy (non-hydrogen) atoms. The van der Waals surface area contributed by atoms with Crippen molar-refractivity contribution in [2.24, 2.45) is 11.7 Å². The van der Waals surface area contributed by atoms with Crippen LogP contribution in [0.4, 0.5) is 4.39 Å². The number of benzene rings is 1. The third kappa shape index (κ3) is 2.18. The van der Waals surface area contributed by atoms with E-state index in [0.717, 1.165) is 37.7 Å². The predicted octanol–water partition coefficient (Wildman–Crippen LogP) is 1.63. The molecular formula is C16H19FN4O. The first kappa shape index (κ1) is 13.7. The second-order valence-corrected chi connectivity index (χ2v) is 6.77. The molecule has 2 bridgehead atoms. The molecule has 0 spiro atoms. The number of primary amides is 1. The van der Waals surface area contributed by atoms with E-state index >= 15 is 0 Å². The number of nitrogens with one attached hydrogen (secondary N) is 2. The number of nitrogens with zero attached hydrogens (tertiary/aromatic N) is 1. The highest BCUT2D eigenvalue weighted by Gasteiger charge is 2.46. The minimum atomic E-state index is -0.398. The van der Waals surface area contributed by atoms with Crippen molar-refractivity contribution in [1.82, 2.24) is 15.5 Å². The van der Waals surface area contributed by atoms with Crippen molar-refractivity contribution in [1.29, 1.82) is 0 Å². The number of nitrogens with two attached hydrogens (primary N) is 1. The highest BCUT2D eigenvalue weighted by Crippen LogP contribution is 2.41. The van der Waals surface area contributed by atoms with E-state index in [1.54, 1.807) is 0 Å². The molecule has 2 aliphatic rings. The van der Waals surface area contributed by atoms with Gasteiger partial charge in [-0.25, -0.2) is 0 Å². The first-order valence-electron chi connectivity index (χ1n) is 7.74. The number of piperidine rings is 1. The fourth-order valence-corrected chi connectivity index (χ4v) is 4.22. The second-order valence-electron chi connectivity index (χ2n) is 6.77. The van der Waals surface area contributed by atoms with Gasteiger partial charge in [-0.3, -0.25) is 9.89 Å². The summed E-state index contributed by atoms with van der Waals surface area (Å²) < 4.78 is 13.7. The van der Waals surface area contributed by atoms with E-state index in [4.69, 9.17) is 5.73 Å². The third-order valence-electron chi connectivity index (χ3n) is 5.20. The van der Waals surface area contributed by atoms with E-state index < -0.39 is 5.95 Å². The summed E-state index contributed by atoms with van der Waals surface area (Å²) in [6, 6.07) is 6.05. The van der Waals surface area contributed by atoms with Gasteiger partial charge in [-0.05, 0) is 49.8 Å². The first-order chi connectivity index (χ1) is 10.5. The number of amides is 1. The summed E-state index contributed by atoms with van der Waals surface area (Å²) in [5.74, 6) is -0.650. The number of hydrogen-bond acceptors (Lipinski definition) is 3. The van der Waals surface area contributed by atoms with Crippen molar-refractivity contribution in [2.75, 3.05) is 0 Å². The second kappa shape index (κ2) is 4.78. The van der Waals surface area contributed by atoms with Crippen LogP contribution < -0.4 is 11.1 Å². The smallest absolute Gasteiger partial charge is 0.220 e. The Kier molecular flexibility index (Phi) is 2.97. The molecule has 3 heterocycles. The summed E-state index contributed by atoms with van der Waals surface area (Å²) >= 11 is 0. The van der Waals surface area contributed by atoms with Gasteiger partial charge in [0.1, 0.15) is 0 Å². The largest absolute Gasteiger partial charge is 0.369 e.